The molecule has 0 saturated carbocycles. The minimum Gasteiger partial charge on any atom is -0.508 e. The van der Waals surface area contributed by atoms with Crippen molar-refractivity contribution in [2.24, 2.45) is 0 Å². The highest BCUT2D eigenvalue weighted by molar-refractivity contribution is 7.99. The summed E-state index contributed by atoms with van der Waals surface area (Å²) in [7, 11) is 0. The Morgan fingerprint density at radius 3 is 2.83 bits per heavy atom. The third kappa shape index (κ3) is 3.04. The Morgan fingerprint density at radius 2 is 2.17 bits per heavy atom. The van der Waals surface area contributed by atoms with Gasteiger partial charge < -0.3 is 9.63 Å². The number of nitrogens with zero attached hydrogens (tertiary/aromatic N) is 2. The Labute approximate surface area is 110 Å². The summed E-state index contributed by atoms with van der Waals surface area (Å²) < 4.78 is 5.22. The number of thioether (sulfide) groups is 1. The first-order chi connectivity index (χ1) is 8.56. The van der Waals surface area contributed by atoms with Crippen LogP contribution >= 0.6 is 11.8 Å². The summed E-state index contributed by atoms with van der Waals surface area (Å²) in [4.78, 5) is 4.34. The van der Waals surface area contributed by atoms with Crippen molar-refractivity contribution in [2.75, 3.05) is 0 Å². The molecule has 0 spiro atoms. The highest BCUT2D eigenvalue weighted by atomic mass is 32.2. The summed E-state index contributed by atoms with van der Waals surface area (Å²) in [5.41, 5.74) is 1.63. The highest BCUT2D eigenvalue weighted by Gasteiger charge is 2.10. The van der Waals surface area contributed by atoms with Crippen LogP contribution in [0.5, 0.6) is 5.75 Å². The van der Waals surface area contributed by atoms with E-state index in [2.05, 4.69) is 24.0 Å². The SMILES string of the molecule is Cc1cc(-c2nc(CSC(C)C)no2)ccc1O. The molecule has 0 bridgehead atoms. The van der Waals surface area contributed by atoms with E-state index in [4.69, 9.17) is 4.52 Å². The molecule has 5 heteroatoms. The van der Waals surface area contributed by atoms with E-state index in [1.165, 1.54) is 0 Å². The lowest BCUT2D eigenvalue weighted by molar-refractivity contribution is 0.425. The van der Waals surface area contributed by atoms with Gasteiger partial charge in [0.1, 0.15) is 5.75 Å². The van der Waals surface area contributed by atoms with Crippen molar-refractivity contribution in [2.45, 2.75) is 31.8 Å². The highest BCUT2D eigenvalue weighted by Crippen LogP contribution is 2.25. The summed E-state index contributed by atoms with van der Waals surface area (Å²) in [6, 6.07) is 5.24. The largest absolute Gasteiger partial charge is 0.508 e. The maximum atomic E-state index is 9.47. The second kappa shape index (κ2) is 5.44. The molecule has 2 rings (SSSR count). The van der Waals surface area contributed by atoms with E-state index in [-0.39, 0.29) is 5.75 Å². The summed E-state index contributed by atoms with van der Waals surface area (Å²) >= 11 is 1.77. The lowest BCUT2D eigenvalue weighted by Crippen LogP contribution is -1.90. The van der Waals surface area contributed by atoms with Gasteiger partial charge in [-0.1, -0.05) is 19.0 Å². The van der Waals surface area contributed by atoms with E-state index in [9.17, 15) is 5.11 Å². The van der Waals surface area contributed by atoms with Crippen molar-refractivity contribution in [1.29, 1.82) is 0 Å². The average molecular weight is 264 g/mol. The molecule has 4 nitrogen and oxygen atoms in total. The summed E-state index contributed by atoms with van der Waals surface area (Å²) in [6.07, 6.45) is 0. The van der Waals surface area contributed by atoms with Crippen molar-refractivity contribution >= 4 is 11.8 Å². The van der Waals surface area contributed by atoms with Crippen molar-refractivity contribution in [1.82, 2.24) is 10.1 Å². The van der Waals surface area contributed by atoms with Crippen LogP contribution in [-0.2, 0) is 5.75 Å². The number of rotatable bonds is 4. The Hall–Kier alpha value is -1.49. The van der Waals surface area contributed by atoms with Crippen LogP contribution in [0, 0.1) is 6.92 Å². The van der Waals surface area contributed by atoms with E-state index >= 15 is 0 Å². The fourth-order valence-electron chi connectivity index (χ4n) is 1.46. The molecule has 96 valence electrons. The van der Waals surface area contributed by atoms with Gasteiger partial charge >= 0.3 is 0 Å². The smallest absolute Gasteiger partial charge is 0.257 e. The maximum absolute atomic E-state index is 9.47. The zero-order valence-corrected chi connectivity index (χ0v) is 11.5. The molecular weight excluding hydrogens is 248 g/mol. The molecular formula is C13H16N2O2S. The second-order valence-electron chi connectivity index (χ2n) is 4.38. The molecule has 18 heavy (non-hydrogen) atoms. The summed E-state index contributed by atoms with van der Waals surface area (Å²) in [5.74, 6) is 2.22. The number of hydrogen-bond acceptors (Lipinski definition) is 5. The van der Waals surface area contributed by atoms with Crippen LogP contribution in [-0.4, -0.2) is 20.5 Å². The fourth-order valence-corrected chi connectivity index (χ4v) is 2.06. The maximum Gasteiger partial charge on any atom is 0.257 e. The third-order valence-electron chi connectivity index (χ3n) is 2.46. The Morgan fingerprint density at radius 1 is 1.39 bits per heavy atom. The van der Waals surface area contributed by atoms with Gasteiger partial charge in [0.15, 0.2) is 5.82 Å². The minimum atomic E-state index is 0.272. The number of phenolic OH excluding ortho intramolecular Hbond substituents is 1. The van der Waals surface area contributed by atoms with E-state index in [1.54, 1.807) is 23.9 Å². The molecule has 1 heterocycles. The number of hydrogen-bond donors (Lipinski definition) is 1. The van der Waals surface area contributed by atoms with Crippen molar-refractivity contribution in [3.05, 3.63) is 29.6 Å². The molecule has 0 unspecified atom stereocenters. The van der Waals surface area contributed by atoms with Crippen molar-refractivity contribution < 1.29 is 9.63 Å². The molecule has 0 radical (unpaired) electrons. The van der Waals surface area contributed by atoms with Crippen LogP contribution in [0.25, 0.3) is 11.5 Å². The van der Waals surface area contributed by atoms with Gasteiger partial charge in [-0.2, -0.15) is 16.7 Å². The third-order valence-corrected chi connectivity index (χ3v) is 3.55. The molecule has 0 aliphatic rings. The number of phenols is 1. The van der Waals surface area contributed by atoms with Crippen LogP contribution in [0.15, 0.2) is 22.7 Å². The Kier molecular flexibility index (Phi) is 3.91. The van der Waals surface area contributed by atoms with E-state index in [0.29, 0.717) is 17.0 Å². The molecule has 0 aliphatic heterocycles. The van der Waals surface area contributed by atoms with E-state index in [1.807, 2.05) is 13.0 Å². The first kappa shape index (κ1) is 13.0. The zero-order valence-electron chi connectivity index (χ0n) is 10.7. The number of benzene rings is 1. The molecule has 0 fully saturated rings. The summed E-state index contributed by atoms with van der Waals surface area (Å²) in [6.45, 7) is 6.11. The van der Waals surface area contributed by atoms with Crippen LogP contribution in [0.4, 0.5) is 0 Å². The van der Waals surface area contributed by atoms with Gasteiger partial charge in [-0.05, 0) is 35.9 Å². The zero-order chi connectivity index (χ0) is 13.1. The van der Waals surface area contributed by atoms with Gasteiger partial charge in [0.25, 0.3) is 5.89 Å². The van der Waals surface area contributed by atoms with E-state index < -0.39 is 0 Å². The first-order valence-electron chi connectivity index (χ1n) is 5.80. The van der Waals surface area contributed by atoms with Gasteiger partial charge in [0, 0.05) is 5.56 Å². The van der Waals surface area contributed by atoms with Gasteiger partial charge in [-0.15, -0.1) is 0 Å². The molecule has 2 aromatic rings. The van der Waals surface area contributed by atoms with Crippen LogP contribution in [0.1, 0.15) is 25.2 Å². The molecule has 0 aliphatic carbocycles. The Balaban J connectivity index is 2.16. The number of aromatic hydroxyl groups is 1. The number of aryl methyl sites for hydroxylation is 1. The lowest BCUT2D eigenvalue weighted by Gasteiger charge is -2.00. The quantitative estimate of drug-likeness (QED) is 0.917. The van der Waals surface area contributed by atoms with Gasteiger partial charge in [0.2, 0.25) is 0 Å². The predicted octanol–water partition coefficient (Wildman–Crippen LogP) is 3.39. The standard InChI is InChI=1S/C13H16N2O2S/c1-8(2)18-7-12-14-13(17-15-12)10-4-5-11(16)9(3)6-10/h4-6,8,16H,7H2,1-3H3. The molecule has 0 amide bonds. The molecule has 1 N–H and O–H groups in total. The number of aromatic nitrogens is 2. The first-order valence-corrected chi connectivity index (χ1v) is 6.85. The van der Waals surface area contributed by atoms with E-state index in [0.717, 1.165) is 16.9 Å². The van der Waals surface area contributed by atoms with Crippen molar-refractivity contribution in [3.63, 3.8) is 0 Å². The summed E-state index contributed by atoms with van der Waals surface area (Å²) in [5, 5.41) is 14.0. The van der Waals surface area contributed by atoms with Crippen LogP contribution in [0.2, 0.25) is 0 Å². The average Bonchev–Trinajstić information content (AvgIpc) is 2.79. The second-order valence-corrected chi connectivity index (χ2v) is 5.94. The lowest BCUT2D eigenvalue weighted by atomic mass is 10.1. The normalized spacial score (nSPS) is 11.1. The molecule has 0 atom stereocenters. The minimum absolute atomic E-state index is 0.272. The predicted molar refractivity (Wildman–Crippen MR) is 72.6 cm³/mol. The van der Waals surface area contributed by atoms with Crippen LogP contribution in [0.3, 0.4) is 0 Å². The van der Waals surface area contributed by atoms with Crippen molar-refractivity contribution in [3.8, 4) is 17.2 Å². The van der Waals surface area contributed by atoms with Crippen LogP contribution < -0.4 is 0 Å². The molecule has 1 aromatic heterocycles. The topological polar surface area (TPSA) is 59.2 Å². The molecule has 1 aromatic carbocycles. The van der Waals surface area contributed by atoms with Gasteiger partial charge in [0.05, 0.1) is 5.75 Å². The van der Waals surface area contributed by atoms with Gasteiger partial charge in [-0.3, -0.25) is 0 Å². The van der Waals surface area contributed by atoms with Gasteiger partial charge in [-0.25, -0.2) is 0 Å². The monoisotopic (exact) mass is 264 g/mol. The fraction of sp³-hybridized carbons (Fsp3) is 0.385. The molecule has 0 saturated heterocycles. The Bertz CT molecular complexity index is 538.